The minimum atomic E-state index is 0.0881. The Morgan fingerprint density at radius 1 is 1.30 bits per heavy atom. The first-order valence-electron chi connectivity index (χ1n) is 6.63. The zero-order valence-electron chi connectivity index (χ0n) is 11.5. The normalized spacial score (nSPS) is 11.1. The van der Waals surface area contributed by atoms with E-state index < -0.39 is 0 Å². The first kappa shape index (κ1) is 15.9. The molecule has 0 unspecified atom stereocenters. The van der Waals surface area contributed by atoms with Crippen molar-refractivity contribution in [2.75, 3.05) is 19.7 Å². The van der Waals surface area contributed by atoms with Gasteiger partial charge in [-0.25, -0.2) is 0 Å². The maximum absolute atomic E-state index is 8.55. The molecule has 1 aromatic rings. The molecule has 0 aromatic heterocycles. The number of ether oxygens (including phenoxy) is 1. The highest BCUT2D eigenvalue weighted by atomic mass is 16.5. The van der Waals surface area contributed by atoms with Gasteiger partial charge in [0.1, 0.15) is 12.4 Å². The molecule has 0 saturated heterocycles. The summed E-state index contributed by atoms with van der Waals surface area (Å²) in [5.74, 6) is 3.47. The Kier molecular flexibility index (Phi) is 7.70. The Morgan fingerprint density at radius 2 is 2.05 bits per heavy atom. The quantitative estimate of drug-likeness (QED) is 0.159. The average Bonchev–Trinajstić information content (AvgIpc) is 2.50. The van der Waals surface area contributed by atoms with Crippen molar-refractivity contribution in [1.82, 2.24) is 5.32 Å². The molecule has 1 aromatic carbocycles. The largest absolute Gasteiger partial charge is 0.492 e. The molecule has 0 atom stereocenters. The van der Waals surface area contributed by atoms with Crippen molar-refractivity contribution in [3.8, 4) is 18.1 Å². The second-order valence-electron chi connectivity index (χ2n) is 4.27. The number of hydrogen-bond acceptors (Lipinski definition) is 4. The third kappa shape index (κ3) is 6.12. The summed E-state index contributed by atoms with van der Waals surface area (Å²) in [6.45, 7) is 2.34. The Labute approximate surface area is 119 Å². The van der Waals surface area contributed by atoms with E-state index in [0.717, 1.165) is 38.1 Å². The van der Waals surface area contributed by atoms with Crippen molar-refractivity contribution in [2.45, 2.75) is 19.3 Å². The Morgan fingerprint density at radius 3 is 2.70 bits per heavy atom. The van der Waals surface area contributed by atoms with Crippen LogP contribution in [0.4, 0.5) is 0 Å². The van der Waals surface area contributed by atoms with Crippen LogP contribution in [0.3, 0.4) is 0 Å². The van der Waals surface area contributed by atoms with E-state index in [-0.39, 0.29) is 5.84 Å². The van der Waals surface area contributed by atoms with Crippen molar-refractivity contribution in [3.63, 3.8) is 0 Å². The van der Waals surface area contributed by atoms with Crippen LogP contribution in [-0.4, -0.2) is 30.7 Å². The van der Waals surface area contributed by atoms with Gasteiger partial charge in [0.2, 0.25) is 0 Å². The lowest BCUT2D eigenvalue weighted by molar-refractivity contribution is 0.313. The lowest BCUT2D eigenvalue weighted by Gasteiger charge is -2.08. The van der Waals surface area contributed by atoms with Crippen LogP contribution in [0.25, 0.3) is 0 Å². The monoisotopic (exact) mass is 275 g/mol. The fraction of sp³-hybridized carbons (Fsp3) is 0.400. The van der Waals surface area contributed by atoms with Gasteiger partial charge >= 0.3 is 0 Å². The molecule has 0 amide bonds. The van der Waals surface area contributed by atoms with Crippen molar-refractivity contribution >= 4 is 5.84 Å². The fourth-order valence-corrected chi connectivity index (χ4v) is 1.62. The lowest BCUT2D eigenvalue weighted by Crippen LogP contribution is -2.22. The van der Waals surface area contributed by atoms with Crippen LogP contribution < -0.4 is 15.8 Å². The van der Waals surface area contributed by atoms with E-state index in [1.807, 2.05) is 0 Å². The van der Waals surface area contributed by atoms with Crippen LogP contribution in [0.2, 0.25) is 0 Å². The van der Waals surface area contributed by atoms with Gasteiger partial charge in [-0.15, -0.1) is 12.3 Å². The van der Waals surface area contributed by atoms with Gasteiger partial charge in [0.15, 0.2) is 5.84 Å². The van der Waals surface area contributed by atoms with E-state index in [9.17, 15) is 0 Å². The third-order valence-corrected chi connectivity index (χ3v) is 2.73. The van der Waals surface area contributed by atoms with Gasteiger partial charge in [-0.05, 0) is 43.7 Å². The zero-order chi connectivity index (χ0) is 14.6. The van der Waals surface area contributed by atoms with Crippen LogP contribution in [0.5, 0.6) is 5.75 Å². The molecule has 0 fully saturated rings. The van der Waals surface area contributed by atoms with Crippen molar-refractivity contribution in [3.05, 3.63) is 29.8 Å². The zero-order valence-corrected chi connectivity index (χ0v) is 11.5. The highest BCUT2D eigenvalue weighted by Gasteiger charge is 1.99. The summed E-state index contributed by atoms with van der Waals surface area (Å²) in [4.78, 5) is 0. The summed E-state index contributed by atoms with van der Waals surface area (Å²) in [5, 5.41) is 14.8. The maximum Gasteiger partial charge on any atom is 0.170 e. The summed E-state index contributed by atoms with van der Waals surface area (Å²) in [6.07, 6.45) is 8.15. The number of amidine groups is 1. The van der Waals surface area contributed by atoms with E-state index >= 15 is 0 Å². The molecule has 0 aliphatic carbocycles. The summed E-state index contributed by atoms with van der Waals surface area (Å²) in [6, 6.07) is 7.08. The molecule has 0 aliphatic rings. The Bertz CT molecular complexity index is 449. The smallest absolute Gasteiger partial charge is 0.170 e. The highest BCUT2D eigenvalue weighted by Crippen LogP contribution is 2.11. The number of unbranched alkanes of at least 4 members (excludes halogenated alkanes) is 2. The lowest BCUT2D eigenvalue weighted by atomic mass is 10.2. The van der Waals surface area contributed by atoms with Gasteiger partial charge in [-0.1, -0.05) is 5.16 Å². The minimum absolute atomic E-state index is 0.0881. The van der Waals surface area contributed by atoms with Gasteiger partial charge in [0.25, 0.3) is 0 Å². The number of nitrogens with one attached hydrogen (secondary N) is 1. The second-order valence-corrected chi connectivity index (χ2v) is 4.27. The Hall–Kier alpha value is -2.19. The number of nitrogens with two attached hydrogens (primary N) is 1. The first-order valence-corrected chi connectivity index (χ1v) is 6.63. The summed E-state index contributed by atoms with van der Waals surface area (Å²) in [5.41, 5.74) is 6.13. The molecule has 0 spiro atoms. The number of hydrogen-bond donors (Lipinski definition) is 3. The molecule has 0 saturated carbocycles. The van der Waals surface area contributed by atoms with Crippen LogP contribution in [-0.2, 0) is 0 Å². The van der Waals surface area contributed by atoms with Gasteiger partial charge in [-0.3, -0.25) is 0 Å². The molecule has 0 heterocycles. The van der Waals surface area contributed by atoms with Crippen LogP contribution in [0, 0.1) is 12.3 Å². The van der Waals surface area contributed by atoms with Gasteiger partial charge in [0, 0.05) is 18.5 Å². The van der Waals surface area contributed by atoms with E-state index in [2.05, 4.69) is 16.4 Å². The van der Waals surface area contributed by atoms with E-state index in [0.29, 0.717) is 12.2 Å². The molecule has 5 nitrogen and oxygen atoms in total. The molecule has 0 aliphatic heterocycles. The minimum Gasteiger partial charge on any atom is -0.492 e. The average molecular weight is 275 g/mol. The molecular weight excluding hydrogens is 254 g/mol. The van der Waals surface area contributed by atoms with Crippen molar-refractivity contribution in [2.24, 2.45) is 10.9 Å². The van der Waals surface area contributed by atoms with Gasteiger partial charge in [0.05, 0.1) is 0 Å². The predicted molar refractivity (Wildman–Crippen MR) is 80.0 cm³/mol. The van der Waals surface area contributed by atoms with Crippen molar-refractivity contribution < 1.29 is 9.94 Å². The molecule has 5 heteroatoms. The van der Waals surface area contributed by atoms with Gasteiger partial charge in [-0.2, -0.15) is 0 Å². The summed E-state index contributed by atoms with van der Waals surface area (Å²) < 4.78 is 5.56. The predicted octanol–water partition coefficient (Wildman–Crippen LogP) is 1.55. The molecule has 0 radical (unpaired) electrons. The summed E-state index contributed by atoms with van der Waals surface area (Å²) in [7, 11) is 0. The standard InChI is InChI=1S/C15H21N3O2/c1-2-3-4-5-10-17-11-12-20-14-8-6-13(7-9-14)15(16)18-19/h1,6-9,17,19H,3-5,10-12H2,(H2,16,18). The number of rotatable bonds is 9. The topological polar surface area (TPSA) is 79.9 Å². The van der Waals surface area contributed by atoms with E-state index in [4.69, 9.17) is 22.1 Å². The molecule has 1 rings (SSSR count). The van der Waals surface area contributed by atoms with E-state index in [1.54, 1.807) is 24.3 Å². The number of terminal acetylenes is 1. The van der Waals surface area contributed by atoms with E-state index in [1.165, 1.54) is 0 Å². The molecule has 108 valence electrons. The van der Waals surface area contributed by atoms with Gasteiger partial charge < -0.3 is 21.0 Å². The third-order valence-electron chi connectivity index (χ3n) is 2.73. The SMILES string of the molecule is C#CCCCCNCCOc1ccc(/C(N)=N\O)cc1. The van der Waals surface area contributed by atoms with Crippen molar-refractivity contribution in [1.29, 1.82) is 0 Å². The van der Waals surface area contributed by atoms with Crippen LogP contribution in [0.15, 0.2) is 29.4 Å². The highest BCUT2D eigenvalue weighted by molar-refractivity contribution is 5.97. The maximum atomic E-state index is 8.55. The first-order chi connectivity index (χ1) is 9.77. The molecule has 4 N–H and O–H groups in total. The van der Waals surface area contributed by atoms with Crippen LogP contribution in [0.1, 0.15) is 24.8 Å². The fourth-order valence-electron chi connectivity index (χ4n) is 1.62. The number of benzene rings is 1. The molecular formula is C15H21N3O2. The Balaban J connectivity index is 2.15. The second kappa shape index (κ2) is 9.70. The summed E-state index contributed by atoms with van der Waals surface area (Å²) >= 11 is 0. The number of nitrogens with zero attached hydrogens (tertiary/aromatic N) is 1. The van der Waals surface area contributed by atoms with Crippen LogP contribution >= 0.6 is 0 Å². The molecule has 20 heavy (non-hydrogen) atoms. The number of oxime groups is 1. The molecule has 0 bridgehead atoms.